The lowest BCUT2D eigenvalue weighted by molar-refractivity contribution is 0.150. The maximum absolute atomic E-state index is 5.69. The molecule has 0 spiro atoms. The van der Waals surface area contributed by atoms with Crippen molar-refractivity contribution < 1.29 is 4.42 Å². The Morgan fingerprint density at radius 3 is 2.76 bits per heavy atom. The third-order valence-corrected chi connectivity index (χ3v) is 4.31. The number of nitrogens with one attached hydrogen (secondary N) is 2. The molecule has 5 nitrogen and oxygen atoms in total. The number of guanidine groups is 1. The molecule has 25 heavy (non-hydrogen) atoms. The Morgan fingerprint density at radius 1 is 1.32 bits per heavy atom. The van der Waals surface area contributed by atoms with Crippen molar-refractivity contribution in [2.45, 2.75) is 45.6 Å². The second kappa shape index (κ2) is 13.2. The number of rotatable bonds is 8. The topological polar surface area (TPSA) is 52.8 Å². The highest BCUT2D eigenvalue weighted by Crippen LogP contribution is 2.25. The summed E-state index contributed by atoms with van der Waals surface area (Å²) in [6.07, 6.45) is 10.9. The normalized spacial score (nSPS) is 17.3. The monoisotopic (exact) mass is 460 g/mol. The van der Waals surface area contributed by atoms with Gasteiger partial charge in [-0.25, -0.2) is 0 Å². The number of halogens is 1. The van der Waals surface area contributed by atoms with Crippen LogP contribution in [0.1, 0.15) is 51.3 Å². The molecule has 1 aromatic heterocycles. The van der Waals surface area contributed by atoms with Crippen molar-refractivity contribution >= 4 is 29.9 Å². The largest absolute Gasteiger partial charge is 0.468 e. The summed E-state index contributed by atoms with van der Waals surface area (Å²) in [6, 6.07) is 4.27. The van der Waals surface area contributed by atoms with Crippen LogP contribution in [-0.4, -0.2) is 43.6 Å². The van der Waals surface area contributed by atoms with Crippen molar-refractivity contribution in [1.82, 2.24) is 15.5 Å². The van der Waals surface area contributed by atoms with Gasteiger partial charge in [-0.1, -0.05) is 18.6 Å². The number of hydrogen-bond donors (Lipinski definition) is 2. The number of nitrogens with zero attached hydrogens (tertiary/aromatic N) is 2. The molecule has 0 bridgehead atoms. The minimum Gasteiger partial charge on any atom is -0.468 e. The van der Waals surface area contributed by atoms with E-state index in [1.807, 2.05) is 13.0 Å². The van der Waals surface area contributed by atoms with Gasteiger partial charge in [0.05, 0.1) is 18.8 Å². The van der Waals surface area contributed by atoms with Gasteiger partial charge in [-0.3, -0.25) is 9.89 Å². The molecule has 1 atom stereocenters. The molecule has 1 saturated heterocycles. The Hall–Kier alpha value is -1.02. The number of aliphatic imine (C=N–C) groups is 1. The van der Waals surface area contributed by atoms with Crippen LogP contribution in [0.2, 0.25) is 0 Å². The molecule has 0 aliphatic carbocycles. The van der Waals surface area contributed by atoms with Crippen LogP contribution in [0.15, 0.2) is 40.0 Å². The Kier molecular flexibility index (Phi) is 11.6. The fraction of sp³-hybridized carbons (Fsp3) is 0.632. The zero-order valence-electron chi connectivity index (χ0n) is 15.5. The molecule has 1 aliphatic heterocycles. The van der Waals surface area contributed by atoms with Crippen molar-refractivity contribution in [2.75, 3.05) is 32.7 Å². The van der Waals surface area contributed by atoms with Crippen LogP contribution in [-0.2, 0) is 0 Å². The molecule has 2 heterocycles. The number of allylic oxidation sites excluding steroid dienone is 1. The third kappa shape index (κ3) is 7.81. The fourth-order valence-electron chi connectivity index (χ4n) is 3.06. The van der Waals surface area contributed by atoms with Gasteiger partial charge < -0.3 is 15.1 Å². The van der Waals surface area contributed by atoms with Crippen LogP contribution in [0.5, 0.6) is 0 Å². The first-order chi connectivity index (χ1) is 11.8. The van der Waals surface area contributed by atoms with Gasteiger partial charge in [-0.05, 0) is 58.3 Å². The van der Waals surface area contributed by atoms with Gasteiger partial charge >= 0.3 is 0 Å². The molecular weight excluding hydrogens is 427 g/mol. The van der Waals surface area contributed by atoms with E-state index < -0.39 is 0 Å². The molecule has 1 aliphatic rings. The summed E-state index contributed by atoms with van der Waals surface area (Å²) in [5.41, 5.74) is 0. The van der Waals surface area contributed by atoms with E-state index in [0.717, 1.165) is 44.3 Å². The minimum atomic E-state index is 0. The van der Waals surface area contributed by atoms with Gasteiger partial charge in [0, 0.05) is 13.1 Å². The van der Waals surface area contributed by atoms with Crippen molar-refractivity contribution in [3.05, 3.63) is 36.3 Å². The van der Waals surface area contributed by atoms with Gasteiger partial charge in [-0.2, -0.15) is 0 Å². The zero-order chi connectivity index (χ0) is 17.0. The first kappa shape index (κ1) is 22.0. The Labute approximate surface area is 169 Å². The molecule has 1 aromatic rings. The molecule has 1 fully saturated rings. The summed E-state index contributed by atoms with van der Waals surface area (Å²) in [4.78, 5) is 7.32. The molecule has 6 heteroatoms. The number of likely N-dealkylation sites (tertiary alicyclic amines) is 1. The van der Waals surface area contributed by atoms with E-state index in [9.17, 15) is 0 Å². The van der Waals surface area contributed by atoms with E-state index in [1.54, 1.807) is 6.26 Å². The predicted molar refractivity (Wildman–Crippen MR) is 116 cm³/mol. The van der Waals surface area contributed by atoms with E-state index in [4.69, 9.17) is 9.41 Å². The number of furan rings is 1. The summed E-state index contributed by atoms with van der Waals surface area (Å²) in [6.45, 7) is 8.88. The van der Waals surface area contributed by atoms with Gasteiger partial charge in [0.15, 0.2) is 5.96 Å². The van der Waals surface area contributed by atoms with E-state index in [1.165, 1.54) is 19.3 Å². The maximum Gasteiger partial charge on any atom is 0.191 e. The Morgan fingerprint density at radius 2 is 2.12 bits per heavy atom. The lowest BCUT2D eigenvalue weighted by atomic mass is 10.1. The standard InChI is InChI=1S/C19H32N4O.HI/c1-3-5-7-12-21-19(20-4-2)22-16-17(18-11-10-15-24-18)23-13-8-6-9-14-23;/h3,5,10-11,15,17H,4,6-9,12-14,16H2,1-2H3,(H2,20,21,22);1H/b5-3+;. The zero-order valence-corrected chi connectivity index (χ0v) is 17.9. The lowest BCUT2D eigenvalue weighted by Crippen LogP contribution is -2.39. The van der Waals surface area contributed by atoms with Gasteiger partial charge in [0.2, 0.25) is 0 Å². The van der Waals surface area contributed by atoms with E-state index in [2.05, 4.69) is 40.7 Å². The lowest BCUT2D eigenvalue weighted by Gasteiger charge is -2.32. The highest BCUT2D eigenvalue weighted by Gasteiger charge is 2.24. The van der Waals surface area contributed by atoms with Gasteiger partial charge in [-0.15, -0.1) is 24.0 Å². The molecule has 0 saturated carbocycles. The minimum absolute atomic E-state index is 0. The molecule has 0 radical (unpaired) electrons. The molecule has 142 valence electrons. The van der Waals surface area contributed by atoms with Crippen LogP contribution in [0.3, 0.4) is 0 Å². The smallest absolute Gasteiger partial charge is 0.191 e. The van der Waals surface area contributed by atoms with E-state index >= 15 is 0 Å². The summed E-state index contributed by atoms with van der Waals surface area (Å²) < 4.78 is 5.69. The average Bonchev–Trinajstić information content (AvgIpc) is 3.14. The SMILES string of the molecule is C/C=C/CCNC(=NCC(c1ccco1)N1CCCCC1)NCC.I. The molecular formula is C19H33IN4O. The van der Waals surface area contributed by atoms with Crippen molar-refractivity contribution in [1.29, 1.82) is 0 Å². The van der Waals surface area contributed by atoms with E-state index in [0.29, 0.717) is 6.54 Å². The summed E-state index contributed by atoms with van der Waals surface area (Å²) in [7, 11) is 0. The maximum atomic E-state index is 5.69. The summed E-state index contributed by atoms with van der Waals surface area (Å²) in [5, 5.41) is 6.73. The van der Waals surface area contributed by atoms with Crippen LogP contribution in [0, 0.1) is 0 Å². The molecule has 0 amide bonds. The van der Waals surface area contributed by atoms with E-state index in [-0.39, 0.29) is 30.0 Å². The predicted octanol–water partition coefficient (Wildman–Crippen LogP) is 3.95. The first-order valence-corrected chi connectivity index (χ1v) is 9.26. The molecule has 0 aromatic carbocycles. The van der Waals surface area contributed by atoms with Crippen LogP contribution in [0.25, 0.3) is 0 Å². The van der Waals surface area contributed by atoms with Crippen LogP contribution in [0.4, 0.5) is 0 Å². The molecule has 1 unspecified atom stereocenters. The Balaban J connectivity index is 0.00000312. The average molecular weight is 460 g/mol. The van der Waals surface area contributed by atoms with Gasteiger partial charge in [0.25, 0.3) is 0 Å². The van der Waals surface area contributed by atoms with Crippen molar-refractivity contribution in [3.63, 3.8) is 0 Å². The highest BCUT2D eigenvalue weighted by atomic mass is 127. The second-order valence-electron chi connectivity index (χ2n) is 6.13. The highest BCUT2D eigenvalue weighted by molar-refractivity contribution is 14.0. The van der Waals surface area contributed by atoms with Crippen LogP contribution >= 0.6 is 24.0 Å². The quantitative estimate of drug-likeness (QED) is 0.203. The van der Waals surface area contributed by atoms with Crippen molar-refractivity contribution in [2.24, 2.45) is 4.99 Å². The third-order valence-electron chi connectivity index (χ3n) is 4.31. The number of piperidine rings is 1. The number of hydrogen-bond acceptors (Lipinski definition) is 3. The van der Waals surface area contributed by atoms with Crippen molar-refractivity contribution in [3.8, 4) is 0 Å². The Bertz CT molecular complexity index is 496. The second-order valence-corrected chi connectivity index (χ2v) is 6.13. The van der Waals surface area contributed by atoms with Gasteiger partial charge in [0.1, 0.15) is 5.76 Å². The van der Waals surface area contributed by atoms with Crippen LogP contribution < -0.4 is 10.6 Å². The fourth-order valence-corrected chi connectivity index (χ4v) is 3.06. The molecule has 2 N–H and O–H groups in total. The summed E-state index contributed by atoms with van der Waals surface area (Å²) in [5.74, 6) is 1.90. The molecule has 2 rings (SSSR count). The summed E-state index contributed by atoms with van der Waals surface area (Å²) >= 11 is 0. The first-order valence-electron chi connectivity index (χ1n) is 9.26.